The van der Waals surface area contributed by atoms with Crippen molar-refractivity contribution in [2.75, 3.05) is 32.8 Å². The fourth-order valence-electron chi connectivity index (χ4n) is 6.21. The second-order valence-corrected chi connectivity index (χ2v) is 11.4. The minimum atomic E-state index is -0.933. The van der Waals surface area contributed by atoms with Gasteiger partial charge in [-0.3, -0.25) is 9.59 Å². The molecule has 2 aromatic rings. The number of ketones is 1. The summed E-state index contributed by atoms with van der Waals surface area (Å²) in [6.07, 6.45) is 5.39. The number of likely N-dealkylation sites (tertiary alicyclic amines) is 1. The van der Waals surface area contributed by atoms with Crippen LogP contribution in [0.2, 0.25) is 0 Å². The lowest BCUT2D eigenvalue weighted by Crippen LogP contribution is -2.53. The Hall–Kier alpha value is -3.38. The van der Waals surface area contributed by atoms with Gasteiger partial charge < -0.3 is 15.0 Å². The van der Waals surface area contributed by atoms with Crippen LogP contribution in [0.25, 0.3) is 0 Å². The number of nitriles is 1. The third-order valence-corrected chi connectivity index (χ3v) is 8.93. The van der Waals surface area contributed by atoms with Gasteiger partial charge in [0, 0.05) is 54.6 Å². The Balaban J connectivity index is 1.38. The van der Waals surface area contributed by atoms with Crippen molar-refractivity contribution >= 4 is 11.7 Å². The van der Waals surface area contributed by atoms with Crippen molar-refractivity contribution < 1.29 is 23.1 Å². The van der Waals surface area contributed by atoms with E-state index in [1.807, 2.05) is 17.9 Å². The maximum atomic E-state index is 14.4. The molecule has 2 saturated heterocycles. The average Bonchev–Trinajstić information content (AvgIpc) is 3.72. The number of pyridine rings is 1. The molecule has 1 aromatic carbocycles. The molecule has 2 aliphatic heterocycles. The third-order valence-electron chi connectivity index (χ3n) is 8.93. The fraction of sp³-hybridized carbons (Fsp3) is 0.533. The number of ether oxygens (including phenoxy) is 1. The van der Waals surface area contributed by atoms with Gasteiger partial charge in [0.1, 0.15) is 11.9 Å². The number of hydrogen-bond acceptors (Lipinski definition) is 6. The normalized spacial score (nSPS) is 24.6. The highest BCUT2D eigenvalue weighted by Crippen LogP contribution is 2.49. The molecule has 39 heavy (non-hydrogen) atoms. The molecule has 206 valence electrons. The number of benzene rings is 1. The summed E-state index contributed by atoms with van der Waals surface area (Å²) in [4.78, 5) is 33.3. The molecule has 2 atom stereocenters. The Morgan fingerprint density at radius 1 is 1.15 bits per heavy atom. The van der Waals surface area contributed by atoms with Crippen LogP contribution in [0.15, 0.2) is 36.5 Å². The topological polar surface area (TPSA) is 95.3 Å². The van der Waals surface area contributed by atoms with Crippen LogP contribution in [-0.2, 0) is 9.59 Å². The van der Waals surface area contributed by atoms with Crippen LogP contribution in [0.3, 0.4) is 0 Å². The first-order valence-corrected chi connectivity index (χ1v) is 13.7. The Labute approximate surface area is 227 Å². The highest BCUT2D eigenvalue weighted by Gasteiger charge is 2.51. The number of aromatic nitrogens is 1. The van der Waals surface area contributed by atoms with E-state index in [1.54, 1.807) is 18.2 Å². The number of rotatable bonds is 8. The van der Waals surface area contributed by atoms with Gasteiger partial charge in [-0.15, -0.1) is 0 Å². The minimum absolute atomic E-state index is 0.111. The van der Waals surface area contributed by atoms with Crippen molar-refractivity contribution in [2.24, 2.45) is 16.7 Å². The van der Waals surface area contributed by atoms with Gasteiger partial charge in [0.2, 0.25) is 11.8 Å². The second-order valence-electron chi connectivity index (χ2n) is 11.4. The molecule has 1 aromatic heterocycles. The predicted molar refractivity (Wildman–Crippen MR) is 140 cm³/mol. The van der Waals surface area contributed by atoms with Crippen LogP contribution < -0.4 is 10.1 Å². The lowest BCUT2D eigenvalue weighted by atomic mass is 9.60. The first kappa shape index (κ1) is 27.2. The molecule has 3 heterocycles. The van der Waals surface area contributed by atoms with Crippen LogP contribution >= 0.6 is 0 Å². The summed E-state index contributed by atoms with van der Waals surface area (Å²) in [6.45, 7) is 4.41. The van der Waals surface area contributed by atoms with Crippen LogP contribution in [0.1, 0.15) is 62.5 Å². The summed E-state index contributed by atoms with van der Waals surface area (Å²) in [5, 5.41) is 12.4. The fourth-order valence-corrected chi connectivity index (χ4v) is 6.21. The number of nitrogens with zero attached hydrogens (tertiary/aromatic N) is 3. The van der Waals surface area contributed by atoms with Crippen LogP contribution in [0, 0.1) is 39.7 Å². The molecule has 1 N–H and O–H groups in total. The average molecular weight is 537 g/mol. The lowest BCUT2D eigenvalue weighted by molar-refractivity contribution is -0.143. The smallest absolute Gasteiger partial charge is 0.228 e. The van der Waals surface area contributed by atoms with E-state index in [0.717, 1.165) is 18.9 Å². The molecule has 0 radical (unpaired) electrons. The highest BCUT2D eigenvalue weighted by molar-refractivity contribution is 5.89. The molecule has 1 saturated carbocycles. The number of carbonyl (C=O) groups excluding carboxylic acids is 2. The van der Waals surface area contributed by atoms with E-state index >= 15 is 0 Å². The molecule has 1 aliphatic carbocycles. The van der Waals surface area contributed by atoms with Gasteiger partial charge in [-0.05, 0) is 68.8 Å². The van der Waals surface area contributed by atoms with E-state index in [0.29, 0.717) is 68.9 Å². The van der Waals surface area contributed by atoms with E-state index in [-0.39, 0.29) is 35.5 Å². The zero-order valence-corrected chi connectivity index (χ0v) is 22.2. The van der Waals surface area contributed by atoms with Crippen molar-refractivity contribution in [3.8, 4) is 11.9 Å². The standard InChI is InChI=1S/C30H34F2N4O3/c1-29(8-9-29)28(38)36-13-6-21(7-14-36)27(37)30(11-15-39-26-5-2-20(17-33)18-35-26)10-12-34-19-23(30)22-3-4-24(31)25(32)16-22/h2-5,16,18,21,23,34H,6-15,19H2,1H3/t23-,30-/m0/s1. The molecule has 1 amide bonds. The second kappa shape index (κ2) is 11.0. The van der Waals surface area contributed by atoms with E-state index in [9.17, 15) is 18.4 Å². The Morgan fingerprint density at radius 3 is 2.56 bits per heavy atom. The van der Waals surface area contributed by atoms with Crippen molar-refractivity contribution in [3.05, 3.63) is 59.3 Å². The van der Waals surface area contributed by atoms with Crippen LogP contribution in [0.4, 0.5) is 8.78 Å². The summed E-state index contributed by atoms with van der Waals surface area (Å²) < 4.78 is 34.0. The first-order valence-electron chi connectivity index (χ1n) is 13.7. The molecule has 0 unspecified atom stereocenters. The largest absolute Gasteiger partial charge is 0.478 e. The van der Waals surface area contributed by atoms with Gasteiger partial charge in [-0.2, -0.15) is 5.26 Å². The quantitative estimate of drug-likeness (QED) is 0.538. The van der Waals surface area contributed by atoms with Crippen LogP contribution in [-0.4, -0.2) is 54.4 Å². The molecule has 0 bridgehead atoms. The maximum Gasteiger partial charge on any atom is 0.228 e. The Morgan fingerprint density at radius 2 is 1.92 bits per heavy atom. The van der Waals surface area contributed by atoms with E-state index in [2.05, 4.69) is 10.3 Å². The molecule has 5 rings (SSSR count). The Kier molecular flexibility index (Phi) is 7.68. The molecular weight excluding hydrogens is 502 g/mol. The first-order chi connectivity index (χ1) is 18.8. The molecular formula is C30H34F2N4O3. The zero-order chi connectivity index (χ0) is 27.6. The van der Waals surface area contributed by atoms with E-state index in [4.69, 9.17) is 10.00 Å². The summed E-state index contributed by atoms with van der Waals surface area (Å²) in [5.41, 5.74) is -0.0743. The van der Waals surface area contributed by atoms with Crippen molar-refractivity contribution in [1.82, 2.24) is 15.2 Å². The van der Waals surface area contributed by atoms with Crippen molar-refractivity contribution in [1.29, 1.82) is 5.26 Å². The molecule has 3 fully saturated rings. The summed E-state index contributed by atoms with van der Waals surface area (Å²) in [5.74, 6) is -1.78. The number of hydrogen-bond donors (Lipinski definition) is 1. The zero-order valence-electron chi connectivity index (χ0n) is 22.2. The maximum absolute atomic E-state index is 14.4. The molecule has 7 nitrogen and oxygen atoms in total. The van der Waals surface area contributed by atoms with Gasteiger partial charge in [0.05, 0.1) is 12.2 Å². The number of piperidine rings is 2. The van der Waals surface area contributed by atoms with E-state index in [1.165, 1.54) is 12.3 Å². The summed E-state index contributed by atoms with van der Waals surface area (Å²) in [6, 6.07) is 9.15. The van der Waals surface area contributed by atoms with Gasteiger partial charge in [0.25, 0.3) is 0 Å². The van der Waals surface area contributed by atoms with Gasteiger partial charge in [-0.25, -0.2) is 13.8 Å². The summed E-state index contributed by atoms with van der Waals surface area (Å²) in [7, 11) is 0. The van der Waals surface area contributed by atoms with Crippen LogP contribution in [0.5, 0.6) is 5.88 Å². The predicted octanol–water partition coefficient (Wildman–Crippen LogP) is 4.37. The Bertz CT molecular complexity index is 1270. The summed E-state index contributed by atoms with van der Waals surface area (Å²) >= 11 is 0. The van der Waals surface area contributed by atoms with Crippen molar-refractivity contribution in [3.63, 3.8) is 0 Å². The minimum Gasteiger partial charge on any atom is -0.478 e. The van der Waals surface area contributed by atoms with Gasteiger partial charge in [0.15, 0.2) is 11.6 Å². The van der Waals surface area contributed by atoms with Crippen molar-refractivity contribution in [2.45, 2.75) is 51.4 Å². The number of carbonyl (C=O) groups is 2. The van der Waals surface area contributed by atoms with E-state index < -0.39 is 17.0 Å². The SMILES string of the molecule is CC1(C(=O)N2CCC(C(=O)[C@]3(CCOc4ccc(C#N)cn4)CCNC[C@H]3c3ccc(F)c(F)c3)CC2)CC1. The van der Waals surface area contributed by atoms with Gasteiger partial charge >= 0.3 is 0 Å². The van der Waals surface area contributed by atoms with Gasteiger partial charge in [-0.1, -0.05) is 13.0 Å². The lowest BCUT2D eigenvalue weighted by Gasteiger charge is -2.46. The number of amides is 1. The third kappa shape index (κ3) is 5.53. The number of nitrogens with one attached hydrogen (secondary N) is 1. The highest BCUT2D eigenvalue weighted by atomic mass is 19.2. The molecule has 3 aliphatic rings. The monoisotopic (exact) mass is 536 g/mol. The molecule has 9 heteroatoms. The number of halogens is 2. The molecule has 0 spiro atoms. The number of Topliss-reactive ketones (excluding diaryl/α,β-unsaturated/α-hetero) is 1.